The summed E-state index contributed by atoms with van der Waals surface area (Å²) in [5, 5.41) is 2.13. The Hall–Kier alpha value is -1.50. The molecule has 0 radical (unpaired) electrons. The van der Waals surface area contributed by atoms with Gasteiger partial charge in [0.25, 0.3) is 5.96 Å². The molecule has 2 N–H and O–H groups in total. The fourth-order valence-corrected chi connectivity index (χ4v) is 4.55. The Morgan fingerprint density at radius 3 is 2.75 bits per heavy atom. The number of quaternary nitrogens is 1. The molecule has 7 heteroatoms. The Bertz CT molecular complexity index is 812. The number of guanidine groups is 1. The highest BCUT2D eigenvalue weighted by atomic mass is 35.5. The molecular weight excluding hydrogens is 344 g/mol. The summed E-state index contributed by atoms with van der Waals surface area (Å²) in [4.78, 5) is 17.2. The van der Waals surface area contributed by atoms with Crippen molar-refractivity contribution in [3.8, 4) is 0 Å². The number of aliphatic imine (C=N–C) groups is 1. The van der Waals surface area contributed by atoms with Gasteiger partial charge in [0, 0.05) is 30.8 Å². The van der Waals surface area contributed by atoms with Gasteiger partial charge in [0.05, 0.1) is 37.1 Å². The fraction of sp³-hybridized carbons (Fsp3) is 0.412. The number of aryl methyl sites for hydroxylation is 1. The summed E-state index contributed by atoms with van der Waals surface area (Å²) < 4.78 is 2.57. The number of aromatic nitrogens is 1. The van der Waals surface area contributed by atoms with E-state index in [4.69, 9.17) is 5.73 Å². The minimum absolute atomic E-state index is 0. The largest absolute Gasteiger partial charge is 0.338 e. The van der Waals surface area contributed by atoms with Crippen molar-refractivity contribution < 1.29 is 9.28 Å². The van der Waals surface area contributed by atoms with Crippen LogP contribution in [-0.2, 0) is 7.05 Å². The smallest absolute Gasteiger partial charge is 0.294 e. The molecule has 1 aromatic carbocycles. The molecule has 0 amide bonds. The van der Waals surface area contributed by atoms with Gasteiger partial charge in [-0.3, -0.25) is 9.28 Å². The first-order valence-corrected chi connectivity index (χ1v) is 8.65. The maximum atomic E-state index is 13.1. The lowest BCUT2D eigenvalue weighted by molar-refractivity contribution is -0.803. The first-order chi connectivity index (χ1) is 10.9. The maximum Gasteiger partial charge on any atom is 0.294 e. The molecule has 3 rings (SSSR count). The van der Waals surface area contributed by atoms with Gasteiger partial charge in [0.15, 0.2) is 5.78 Å². The number of carbonyl (C=O) groups is 1. The zero-order valence-electron chi connectivity index (χ0n) is 14.4. The van der Waals surface area contributed by atoms with Crippen LogP contribution in [0, 0.1) is 5.92 Å². The van der Waals surface area contributed by atoms with Gasteiger partial charge in [-0.15, -0.1) is 24.2 Å². The van der Waals surface area contributed by atoms with Gasteiger partial charge < -0.3 is 10.3 Å². The zero-order chi connectivity index (χ0) is 16.8. The number of benzene rings is 1. The summed E-state index contributed by atoms with van der Waals surface area (Å²) in [5.74, 6) is 1.51. The Labute approximate surface area is 152 Å². The van der Waals surface area contributed by atoms with Crippen molar-refractivity contribution in [2.75, 3.05) is 33.4 Å². The summed E-state index contributed by atoms with van der Waals surface area (Å²) in [7, 11) is 7.72. The molecule has 0 saturated carbocycles. The van der Waals surface area contributed by atoms with Crippen LogP contribution >= 0.6 is 24.2 Å². The number of rotatable bonds is 2. The summed E-state index contributed by atoms with van der Waals surface area (Å²) in [6, 6.07) is 8.11. The minimum Gasteiger partial charge on any atom is -0.338 e. The molecule has 2 aromatic rings. The van der Waals surface area contributed by atoms with E-state index in [9.17, 15) is 4.79 Å². The van der Waals surface area contributed by atoms with Crippen LogP contribution in [-0.4, -0.2) is 54.2 Å². The molecule has 1 unspecified atom stereocenters. The quantitative estimate of drug-likeness (QED) is 0.504. The van der Waals surface area contributed by atoms with E-state index in [-0.39, 0.29) is 24.1 Å². The monoisotopic (exact) mass is 367 g/mol. The highest BCUT2D eigenvalue weighted by Crippen LogP contribution is 2.39. The number of ketones is 1. The van der Waals surface area contributed by atoms with Gasteiger partial charge in [-0.05, 0) is 6.07 Å². The zero-order valence-corrected chi connectivity index (χ0v) is 16.1. The van der Waals surface area contributed by atoms with E-state index in [1.807, 2.05) is 39.3 Å². The van der Waals surface area contributed by atoms with Crippen LogP contribution in [0.5, 0.6) is 0 Å². The summed E-state index contributed by atoms with van der Waals surface area (Å²) in [6.07, 6.45) is 0. The van der Waals surface area contributed by atoms with Crippen molar-refractivity contribution in [2.24, 2.45) is 23.7 Å². The van der Waals surface area contributed by atoms with Crippen molar-refractivity contribution >= 4 is 46.8 Å². The van der Waals surface area contributed by atoms with Crippen LogP contribution in [0.25, 0.3) is 10.9 Å². The van der Waals surface area contributed by atoms with E-state index in [0.717, 1.165) is 27.2 Å². The first kappa shape index (κ1) is 18.8. The number of nitrogens with zero attached hydrogens (tertiary/aromatic N) is 3. The number of fused-ring (bicyclic) bond motifs is 3. The highest BCUT2D eigenvalue weighted by Gasteiger charge is 2.37. The number of hydrogen-bond donors (Lipinski definition) is 1. The lowest BCUT2D eigenvalue weighted by atomic mass is 9.97. The van der Waals surface area contributed by atoms with Crippen molar-refractivity contribution in [3.05, 3.63) is 29.8 Å². The predicted octanol–water partition coefficient (Wildman–Crippen LogP) is 2.53. The average molecular weight is 368 g/mol. The van der Waals surface area contributed by atoms with Crippen molar-refractivity contribution in [1.82, 2.24) is 4.57 Å². The molecule has 0 bridgehead atoms. The minimum atomic E-state index is -0.0476. The number of Topliss-reactive ketones (excluding diaryl/α,β-unsaturated/α-hetero) is 1. The van der Waals surface area contributed by atoms with Gasteiger partial charge in [0.1, 0.15) is 0 Å². The van der Waals surface area contributed by atoms with Crippen LogP contribution in [0.4, 0.5) is 0 Å². The number of nitrogens with two attached hydrogens (primary N) is 1. The molecule has 1 aromatic heterocycles. The SMILES string of the molecule is CN=C(N)[N+](C)(C)CC1CSc2c(c3ccccc3n2C)C1=O.Cl. The summed E-state index contributed by atoms with van der Waals surface area (Å²) in [5.41, 5.74) is 7.99. The Morgan fingerprint density at radius 1 is 1.42 bits per heavy atom. The van der Waals surface area contributed by atoms with Crippen LogP contribution < -0.4 is 5.73 Å². The molecule has 0 fully saturated rings. The Kier molecular flexibility index (Phi) is 5.32. The van der Waals surface area contributed by atoms with Crippen molar-refractivity contribution in [2.45, 2.75) is 5.03 Å². The molecule has 2 heterocycles. The second-order valence-corrected chi connectivity index (χ2v) is 7.59. The number of carbonyl (C=O) groups excluding carboxylic acids is 1. The molecule has 0 spiro atoms. The normalized spacial score (nSPS) is 18.4. The van der Waals surface area contributed by atoms with Crippen molar-refractivity contribution in [1.29, 1.82) is 0 Å². The third-order valence-electron chi connectivity index (χ3n) is 4.62. The summed E-state index contributed by atoms with van der Waals surface area (Å²) >= 11 is 1.76. The van der Waals surface area contributed by atoms with E-state index < -0.39 is 0 Å². The van der Waals surface area contributed by atoms with E-state index in [0.29, 0.717) is 17.0 Å². The van der Waals surface area contributed by atoms with Gasteiger partial charge >= 0.3 is 0 Å². The molecule has 1 atom stereocenters. The molecule has 0 saturated heterocycles. The summed E-state index contributed by atoms with van der Waals surface area (Å²) in [6.45, 7) is 0.664. The van der Waals surface area contributed by atoms with Crippen LogP contribution in [0.15, 0.2) is 34.3 Å². The number of para-hydroxylation sites is 1. The van der Waals surface area contributed by atoms with Crippen LogP contribution in [0.2, 0.25) is 0 Å². The maximum absolute atomic E-state index is 13.1. The first-order valence-electron chi connectivity index (χ1n) is 7.67. The molecule has 0 aliphatic carbocycles. The number of halogens is 1. The lowest BCUT2D eigenvalue weighted by Crippen LogP contribution is -2.54. The average Bonchev–Trinajstić information content (AvgIpc) is 2.83. The van der Waals surface area contributed by atoms with Crippen LogP contribution in [0.1, 0.15) is 10.4 Å². The Morgan fingerprint density at radius 2 is 2.08 bits per heavy atom. The molecular formula is C17H24ClN4OS+. The van der Waals surface area contributed by atoms with Crippen molar-refractivity contribution in [3.63, 3.8) is 0 Å². The molecule has 130 valence electrons. The third kappa shape index (κ3) is 2.94. The molecule has 1 aliphatic rings. The van der Waals surface area contributed by atoms with Gasteiger partial charge in [-0.25, -0.2) is 4.99 Å². The van der Waals surface area contributed by atoms with Gasteiger partial charge in [-0.1, -0.05) is 18.2 Å². The fourth-order valence-electron chi connectivity index (χ4n) is 3.29. The van der Waals surface area contributed by atoms with E-state index in [2.05, 4.69) is 15.6 Å². The third-order valence-corrected chi connectivity index (χ3v) is 5.94. The van der Waals surface area contributed by atoms with Crippen LogP contribution in [0.3, 0.4) is 0 Å². The topological polar surface area (TPSA) is 60.4 Å². The number of hydrogen-bond acceptors (Lipinski definition) is 3. The van der Waals surface area contributed by atoms with E-state index in [1.165, 1.54) is 0 Å². The lowest BCUT2D eigenvalue weighted by Gasteiger charge is -2.32. The van der Waals surface area contributed by atoms with Gasteiger partial charge in [-0.2, -0.15) is 0 Å². The second kappa shape index (κ2) is 6.78. The molecule has 5 nitrogen and oxygen atoms in total. The van der Waals surface area contributed by atoms with E-state index in [1.54, 1.807) is 18.8 Å². The van der Waals surface area contributed by atoms with E-state index >= 15 is 0 Å². The molecule has 1 aliphatic heterocycles. The molecule has 24 heavy (non-hydrogen) atoms. The second-order valence-electron chi connectivity index (χ2n) is 6.58. The Balaban J connectivity index is 0.00000208. The van der Waals surface area contributed by atoms with Gasteiger partial charge in [0.2, 0.25) is 0 Å². The predicted molar refractivity (Wildman–Crippen MR) is 103 cm³/mol. The standard InChI is InChI=1S/C17H23N4OS.ClH/c1-19-17(18)21(3,4)9-11-10-23-16-14(15(11)22)12-7-5-6-8-13(12)20(16)2;/h5-8,11H,9-10H2,1-4H3,(H2,18,19);1H/q+1;. The highest BCUT2D eigenvalue weighted by molar-refractivity contribution is 7.99. The number of thioether (sulfide) groups is 1.